The Morgan fingerprint density at radius 3 is 2.21 bits per heavy atom. The molecule has 1 aliphatic heterocycles. The Bertz CT molecular complexity index is 1110. The molecule has 0 saturated carbocycles. The molecule has 0 bridgehead atoms. The van der Waals surface area contributed by atoms with Crippen molar-refractivity contribution >= 4 is 5.69 Å². The second-order valence-electron chi connectivity index (χ2n) is 9.35. The number of aromatic nitrogens is 2. The monoisotopic (exact) mass is 445 g/mol. The normalized spacial score (nSPS) is 14.8. The molecule has 0 spiro atoms. The molecule has 1 aliphatic rings. The Morgan fingerprint density at radius 2 is 1.61 bits per heavy atom. The molecule has 4 rings (SSSR count). The average molecular weight is 446 g/mol. The topological polar surface area (TPSA) is 67.4 Å². The number of hydrogen-bond acceptors (Lipinski definition) is 5. The van der Waals surface area contributed by atoms with E-state index < -0.39 is 0 Å². The lowest BCUT2D eigenvalue weighted by Gasteiger charge is -2.36. The van der Waals surface area contributed by atoms with Gasteiger partial charge >= 0.3 is 0 Å². The highest BCUT2D eigenvalue weighted by molar-refractivity contribution is 5.70. The van der Waals surface area contributed by atoms with Gasteiger partial charge in [0.2, 0.25) is 0 Å². The van der Waals surface area contributed by atoms with Gasteiger partial charge in [-0.05, 0) is 24.0 Å². The van der Waals surface area contributed by atoms with Crippen LogP contribution in [-0.4, -0.2) is 40.9 Å². The zero-order valence-electron chi connectivity index (χ0n) is 20.0. The first kappa shape index (κ1) is 23.2. The number of anilines is 1. The number of hydrogen-bond donors (Lipinski definition) is 1. The molecule has 1 aromatic heterocycles. The maximum absolute atomic E-state index is 13.5. The van der Waals surface area contributed by atoms with E-state index in [1.807, 2.05) is 19.1 Å². The maximum atomic E-state index is 13.5. The Balaban J connectivity index is 1.63. The molecule has 0 radical (unpaired) electrons. The summed E-state index contributed by atoms with van der Waals surface area (Å²) in [6.07, 6.45) is 0. The molecule has 2 aromatic carbocycles. The van der Waals surface area contributed by atoms with Crippen molar-refractivity contribution in [1.82, 2.24) is 14.7 Å². The molecular weight excluding hydrogens is 410 g/mol. The Kier molecular flexibility index (Phi) is 7.26. The smallest absolute Gasteiger partial charge is 0.290 e. The van der Waals surface area contributed by atoms with E-state index in [-0.39, 0.29) is 5.56 Å². The molecule has 1 saturated heterocycles. The minimum Gasteiger partial charge on any atom is -0.364 e. The van der Waals surface area contributed by atoms with Crippen molar-refractivity contribution in [2.75, 3.05) is 31.1 Å². The number of rotatable bonds is 7. The van der Waals surface area contributed by atoms with Crippen LogP contribution in [-0.2, 0) is 19.6 Å². The zero-order chi connectivity index (χ0) is 23.4. The molecule has 3 aromatic rings. The summed E-state index contributed by atoms with van der Waals surface area (Å²) in [7, 11) is 0. The van der Waals surface area contributed by atoms with Gasteiger partial charge in [-0.3, -0.25) is 9.69 Å². The molecule has 6 heteroatoms. The molecule has 2 N–H and O–H groups in total. The van der Waals surface area contributed by atoms with E-state index in [0.29, 0.717) is 19.0 Å². The van der Waals surface area contributed by atoms with E-state index in [0.717, 1.165) is 60.8 Å². The van der Waals surface area contributed by atoms with Gasteiger partial charge in [0.05, 0.1) is 5.69 Å². The fourth-order valence-corrected chi connectivity index (χ4v) is 4.52. The van der Waals surface area contributed by atoms with Gasteiger partial charge in [-0.1, -0.05) is 68.4 Å². The van der Waals surface area contributed by atoms with Gasteiger partial charge in [0.1, 0.15) is 5.69 Å². The Hall–Kier alpha value is -2.96. The molecule has 0 amide bonds. The third kappa shape index (κ3) is 5.34. The van der Waals surface area contributed by atoms with Crippen molar-refractivity contribution in [2.45, 2.75) is 40.4 Å². The predicted octanol–water partition coefficient (Wildman–Crippen LogP) is 3.66. The van der Waals surface area contributed by atoms with Crippen LogP contribution in [0.5, 0.6) is 0 Å². The van der Waals surface area contributed by atoms with E-state index in [9.17, 15) is 4.79 Å². The van der Waals surface area contributed by atoms with Crippen molar-refractivity contribution in [3.05, 3.63) is 81.6 Å². The highest BCUT2D eigenvalue weighted by Crippen LogP contribution is 2.27. The van der Waals surface area contributed by atoms with Crippen LogP contribution in [0.3, 0.4) is 0 Å². The highest BCUT2D eigenvalue weighted by atomic mass is 16.1. The number of nitrogens with zero attached hydrogens (tertiary/aromatic N) is 4. The summed E-state index contributed by atoms with van der Waals surface area (Å²) in [4.78, 5) is 18.2. The molecule has 6 nitrogen and oxygen atoms in total. The van der Waals surface area contributed by atoms with Crippen molar-refractivity contribution in [3.63, 3.8) is 0 Å². The minimum atomic E-state index is 0.0139. The molecule has 0 unspecified atom stereocenters. The van der Waals surface area contributed by atoms with Gasteiger partial charge in [-0.15, -0.1) is 0 Å². The molecule has 174 valence electrons. The van der Waals surface area contributed by atoms with Gasteiger partial charge in [0.25, 0.3) is 5.56 Å². The first-order valence-electron chi connectivity index (χ1n) is 11.9. The van der Waals surface area contributed by atoms with Crippen LogP contribution in [0.15, 0.2) is 59.4 Å². The summed E-state index contributed by atoms with van der Waals surface area (Å²) in [5.74, 6) is 0.334. The van der Waals surface area contributed by atoms with Crippen LogP contribution < -0.4 is 16.2 Å². The SMILES string of the molecule is Cc1c(-c2ccc(CN)cc2)nn(CC(C)C)c(=O)c1N1CCN(Cc2ccccc2)CC1. The van der Waals surface area contributed by atoms with Gasteiger partial charge in [-0.2, -0.15) is 5.10 Å². The van der Waals surface area contributed by atoms with Crippen molar-refractivity contribution in [1.29, 1.82) is 0 Å². The average Bonchev–Trinajstić information content (AvgIpc) is 2.82. The lowest BCUT2D eigenvalue weighted by Crippen LogP contribution is -2.48. The lowest BCUT2D eigenvalue weighted by atomic mass is 10.0. The number of nitrogens with two attached hydrogens (primary N) is 1. The Labute approximate surface area is 196 Å². The van der Waals surface area contributed by atoms with Crippen LogP contribution in [0.2, 0.25) is 0 Å². The van der Waals surface area contributed by atoms with Crippen LogP contribution in [0.1, 0.15) is 30.5 Å². The zero-order valence-corrected chi connectivity index (χ0v) is 20.0. The van der Waals surface area contributed by atoms with Crippen molar-refractivity contribution in [2.24, 2.45) is 11.7 Å². The van der Waals surface area contributed by atoms with Gasteiger partial charge in [0, 0.05) is 56.9 Å². The summed E-state index contributed by atoms with van der Waals surface area (Å²) < 4.78 is 1.66. The quantitative estimate of drug-likeness (QED) is 0.601. The largest absolute Gasteiger partial charge is 0.364 e. The summed E-state index contributed by atoms with van der Waals surface area (Å²) >= 11 is 0. The summed E-state index contributed by atoms with van der Waals surface area (Å²) in [5, 5.41) is 4.80. The van der Waals surface area contributed by atoms with Crippen molar-refractivity contribution < 1.29 is 0 Å². The van der Waals surface area contributed by atoms with E-state index in [1.165, 1.54) is 5.56 Å². The third-order valence-electron chi connectivity index (χ3n) is 6.31. The highest BCUT2D eigenvalue weighted by Gasteiger charge is 2.24. The van der Waals surface area contributed by atoms with Gasteiger partial charge < -0.3 is 10.6 Å². The van der Waals surface area contributed by atoms with Gasteiger partial charge in [0.15, 0.2) is 0 Å². The lowest BCUT2D eigenvalue weighted by molar-refractivity contribution is 0.249. The van der Waals surface area contributed by atoms with Crippen LogP contribution >= 0.6 is 0 Å². The first-order valence-corrected chi connectivity index (χ1v) is 11.9. The molecule has 33 heavy (non-hydrogen) atoms. The number of piperazine rings is 1. The first-order chi connectivity index (χ1) is 16.0. The van der Waals surface area contributed by atoms with Crippen LogP contribution in [0.4, 0.5) is 5.69 Å². The maximum Gasteiger partial charge on any atom is 0.290 e. The molecule has 2 heterocycles. The molecular formula is C27H35N5O. The second kappa shape index (κ2) is 10.3. The minimum absolute atomic E-state index is 0.0139. The summed E-state index contributed by atoms with van der Waals surface area (Å²) in [6, 6.07) is 18.8. The summed E-state index contributed by atoms with van der Waals surface area (Å²) in [5.41, 5.74) is 11.8. The Morgan fingerprint density at radius 1 is 0.939 bits per heavy atom. The van der Waals surface area contributed by atoms with Gasteiger partial charge in [-0.25, -0.2) is 4.68 Å². The van der Waals surface area contributed by atoms with E-state index in [2.05, 4.69) is 66.1 Å². The van der Waals surface area contributed by atoms with E-state index in [1.54, 1.807) is 4.68 Å². The number of benzene rings is 2. The fourth-order valence-electron chi connectivity index (χ4n) is 4.52. The van der Waals surface area contributed by atoms with E-state index >= 15 is 0 Å². The fraction of sp³-hybridized carbons (Fsp3) is 0.407. The van der Waals surface area contributed by atoms with E-state index in [4.69, 9.17) is 10.8 Å². The molecule has 0 aliphatic carbocycles. The van der Waals surface area contributed by atoms with Crippen LogP contribution in [0, 0.1) is 12.8 Å². The summed E-state index contributed by atoms with van der Waals surface area (Å²) in [6.45, 7) is 11.9. The van der Waals surface area contributed by atoms with Crippen molar-refractivity contribution in [3.8, 4) is 11.3 Å². The molecule has 0 atom stereocenters. The third-order valence-corrected chi connectivity index (χ3v) is 6.31. The second-order valence-corrected chi connectivity index (χ2v) is 9.35. The molecule has 1 fully saturated rings. The standard InChI is InChI=1S/C27H35N5O/c1-20(2)18-32-27(33)26(21(3)25(29-32)24-11-9-22(17-28)10-12-24)31-15-13-30(14-16-31)19-23-7-5-4-6-8-23/h4-12,20H,13-19,28H2,1-3H3. The van der Waals surface area contributed by atoms with Crippen LogP contribution in [0.25, 0.3) is 11.3 Å². The predicted molar refractivity (Wildman–Crippen MR) is 135 cm³/mol.